The lowest BCUT2D eigenvalue weighted by molar-refractivity contribution is -0.306. The predicted octanol–water partition coefficient (Wildman–Crippen LogP) is 3.87. The maximum absolute atomic E-state index is 12.1. The van der Waals surface area contributed by atoms with Crippen LogP contribution in [0, 0.1) is 24.7 Å². The van der Waals surface area contributed by atoms with Gasteiger partial charge in [0.25, 0.3) is 0 Å². The Labute approximate surface area is 137 Å². The molecule has 0 heterocycles. The lowest BCUT2D eigenvalue weighted by atomic mass is 9.85. The van der Waals surface area contributed by atoms with E-state index in [4.69, 9.17) is 4.74 Å². The average molecular weight is 342 g/mol. The summed E-state index contributed by atoms with van der Waals surface area (Å²) in [6.45, 7) is 0. The molecule has 1 saturated carbocycles. The van der Waals surface area contributed by atoms with Crippen molar-refractivity contribution < 1.29 is 32.2 Å². The molecular formula is C17H17F3O4. The first-order valence-corrected chi connectivity index (χ1v) is 7.55. The van der Waals surface area contributed by atoms with Crippen molar-refractivity contribution in [3.05, 3.63) is 43.2 Å². The van der Waals surface area contributed by atoms with Gasteiger partial charge in [-0.05, 0) is 49.7 Å². The molecule has 24 heavy (non-hydrogen) atoms. The second-order valence-corrected chi connectivity index (χ2v) is 5.55. The van der Waals surface area contributed by atoms with Crippen LogP contribution in [0.1, 0.15) is 25.7 Å². The Balaban J connectivity index is 1.95. The van der Waals surface area contributed by atoms with E-state index in [2.05, 4.69) is 4.74 Å². The molecule has 2 unspecified atom stereocenters. The van der Waals surface area contributed by atoms with Crippen LogP contribution < -0.4 is 4.74 Å². The van der Waals surface area contributed by atoms with E-state index in [0.717, 1.165) is 6.42 Å². The fourth-order valence-electron chi connectivity index (χ4n) is 2.71. The number of hydrogen-bond acceptors (Lipinski definition) is 4. The van der Waals surface area contributed by atoms with Crippen LogP contribution in [0.25, 0.3) is 0 Å². The van der Waals surface area contributed by atoms with E-state index in [1.54, 1.807) is 30.3 Å². The topological polar surface area (TPSA) is 52.6 Å². The molecule has 2 atom stereocenters. The summed E-state index contributed by atoms with van der Waals surface area (Å²) in [4.78, 5) is 23.4. The number of halogens is 3. The van der Waals surface area contributed by atoms with Gasteiger partial charge in [-0.1, -0.05) is 18.2 Å². The maximum atomic E-state index is 12.1. The first kappa shape index (κ1) is 18.3. The number of para-hydroxylation sites is 1. The molecule has 2 radical (unpaired) electrons. The Morgan fingerprint density at radius 3 is 2.54 bits per heavy atom. The molecule has 4 nitrogen and oxygen atoms in total. The van der Waals surface area contributed by atoms with Gasteiger partial charge in [-0.2, -0.15) is 0 Å². The molecule has 0 amide bonds. The van der Waals surface area contributed by atoms with Gasteiger partial charge in [0.05, 0.1) is 6.42 Å². The highest BCUT2D eigenvalue weighted by molar-refractivity contribution is 5.82. The molecule has 1 fully saturated rings. The van der Waals surface area contributed by atoms with Crippen LogP contribution in [0.3, 0.4) is 0 Å². The molecule has 0 saturated heterocycles. The van der Waals surface area contributed by atoms with E-state index in [9.17, 15) is 22.8 Å². The Bertz CT molecular complexity index is 551. The second-order valence-electron chi connectivity index (χ2n) is 5.55. The lowest BCUT2D eigenvalue weighted by Gasteiger charge is -2.21. The Morgan fingerprint density at radius 1 is 1.25 bits per heavy atom. The third-order valence-electron chi connectivity index (χ3n) is 3.76. The predicted molar refractivity (Wildman–Crippen MR) is 78.3 cm³/mol. The largest absolute Gasteiger partial charge is 0.575 e. The SMILES string of the molecule is O=C([CH]C(CC(=O)OC(F)(F)F)C1C[CH]CC1)Oc1ccccc1. The molecule has 130 valence electrons. The van der Waals surface area contributed by atoms with Crippen molar-refractivity contribution in [1.29, 1.82) is 0 Å². The molecule has 7 heteroatoms. The van der Waals surface area contributed by atoms with Gasteiger partial charge in [0.1, 0.15) is 5.75 Å². The normalized spacial score (nSPS) is 16.6. The van der Waals surface area contributed by atoms with Gasteiger partial charge in [-0.3, -0.25) is 9.59 Å². The van der Waals surface area contributed by atoms with E-state index >= 15 is 0 Å². The number of esters is 2. The quantitative estimate of drug-likeness (QED) is 0.582. The van der Waals surface area contributed by atoms with E-state index in [-0.39, 0.29) is 5.92 Å². The minimum Gasteiger partial charge on any atom is -0.426 e. The molecule has 0 bridgehead atoms. The van der Waals surface area contributed by atoms with Crippen LogP contribution in [0.4, 0.5) is 13.2 Å². The molecule has 2 rings (SSSR count). The van der Waals surface area contributed by atoms with Crippen LogP contribution in [-0.4, -0.2) is 18.3 Å². The van der Waals surface area contributed by atoms with Crippen molar-refractivity contribution in [3.63, 3.8) is 0 Å². The van der Waals surface area contributed by atoms with Gasteiger partial charge >= 0.3 is 18.3 Å². The second kappa shape index (κ2) is 8.17. The number of alkyl halides is 3. The highest BCUT2D eigenvalue weighted by Crippen LogP contribution is 2.35. The summed E-state index contributed by atoms with van der Waals surface area (Å²) in [5, 5.41) is 0. The summed E-state index contributed by atoms with van der Waals surface area (Å²) in [7, 11) is 0. The standard InChI is InChI=1S/C17H17F3O4/c18-17(19,20)24-16(22)11-13(12-6-4-5-7-12)10-15(21)23-14-8-2-1-3-9-14/h1-4,8-10,12-13H,5-7,11H2. The molecule has 0 spiro atoms. The molecule has 1 aliphatic rings. The summed E-state index contributed by atoms with van der Waals surface area (Å²) < 4.78 is 44.9. The Hall–Kier alpha value is -2.05. The van der Waals surface area contributed by atoms with Gasteiger partial charge in [0, 0.05) is 6.42 Å². The number of benzene rings is 1. The van der Waals surface area contributed by atoms with Gasteiger partial charge in [-0.25, -0.2) is 0 Å². The Morgan fingerprint density at radius 2 is 1.96 bits per heavy atom. The number of hydrogen-bond donors (Lipinski definition) is 0. The molecule has 0 aliphatic heterocycles. The van der Waals surface area contributed by atoms with E-state index in [0.29, 0.717) is 18.6 Å². The van der Waals surface area contributed by atoms with E-state index in [1.165, 1.54) is 6.42 Å². The van der Waals surface area contributed by atoms with Crippen molar-refractivity contribution in [2.24, 2.45) is 11.8 Å². The minimum atomic E-state index is -5.02. The number of rotatable bonds is 6. The third-order valence-corrected chi connectivity index (χ3v) is 3.76. The molecular weight excluding hydrogens is 325 g/mol. The number of carbonyl (C=O) groups excluding carboxylic acids is 2. The average Bonchev–Trinajstić information content (AvgIpc) is 2.99. The van der Waals surface area contributed by atoms with Gasteiger partial charge in [0.2, 0.25) is 0 Å². The summed E-state index contributed by atoms with van der Waals surface area (Å²) >= 11 is 0. The van der Waals surface area contributed by atoms with E-state index in [1.807, 2.05) is 6.42 Å². The van der Waals surface area contributed by atoms with Gasteiger partial charge < -0.3 is 9.47 Å². The zero-order chi connectivity index (χ0) is 17.6. The van der Waals surface area contributed by atoms with Crippen LogP contribution in [0.2, 0.25) is 0 Å². The van der Waals surface area contributed by atoms with Crippen LogP contribution in [0.5, 0.6) is 5.75 Å². The minimum absolute atomic E-state index is 0.0749. The summed E-state index contributed by atoms with van der Waals surface area (Å²) in [5.74, 6) is -2.50. The van der Waals surface area contributed by atoms with Crippen molar-refractivity contribution in [3.8, 4) is 5.75 Å². The smallest absolute Gasteiger partial charge is 0.426 e. The van der Waals surface area contributed by atoms with Crippen molar-refractivity contribution in [1.82, 2.24) is 0 Å². The Kier molecular flexibility index (Phi) is 6.23. The number of carbonyl (C=O) groups is 2. The highest BCUT2D eigenvalue weighted by Gasteiger charge is 2.37. The summed E-state index contributed by atoms with van der Waals surface area (Å²) in [6, 6.07) is 8.30. The third kappa shape index (κ3) is 6.22. The van der Waals surface area contributed by atoms with Crippen LogP contribution >= 0.6 is 0 Å². The molecule has 0 aromatic heterocycles. The fraction of sp³-hybridized carbons (Fsp3) is 0.412. The highest BCUT2D eigenvalue weighted by atomic mass is 19.4. The molecule has 0 N–H and O–H groups in total. The summed E-state index contributed by atoms with van der Waals surface area (Å²) in [5.41, 5.74) is 0. The summed E-state index contributed by atoms with van der Waals surface area (Å²) in [6.07, 6.45) is -0.220. The molecule has 1 aliphatic carbocycles. The molecule has 1 aromatic rings. The monoisotopic (exact) mass is 342 g/mol. The maximum Gasteiger partial charge on any atom is 0.575 e. The van der Waals surface area contributed by atoms with Crippen molar-refractivity contribution in [2.75, 3.05) is 0 Å². The van der Waals surface area contributed by atoms with Crippen LogP contribution in [0.15, 0.2) is 30.3 Å². The van der Waals surface area contributed by atoms with Gasteiger partial charge in [-0.15, -0.1) is 13.2 Å². The van der Waals surface area contributed by atoms with Crippen LogP contribution in [-0.2, 0) is 14.3 Å². The zero-order valence-corrected chi connectivity index (χ0v) is 12.8. The molecule has 1 aromatic carbocycles. The van der Waals surface area contributed by atoms with Crippen molar-refractivity contribution >= 4 is 11.9 Å². The van der Waals surface area contributed by atoms with Gasteiger partial charge in [0.15, 0.2) is 0 Å². The first-order chi connectivity index (χ1) is 11.3. The number of ether oxygens (including phenoxy) is 2. The van der Waals surface area contributed by atoms with E-state index < -0.39 is 30.6 Å². The lowest BCUT2D eigenvalue weighted by Crippen LogP contribution is -2.27. The fourth-order valence-corrected chi connectivity index (χ4v) is 2.71. The zero-order valence-electron chi connectivity index (χ0n) is 12.8. The first-order valence-electron chi connectivity index (χ1n) is 7.55. The van der Waals surface area contributed by atoms with Crippen molar-refractivity contribution in [2.45, 2.75) is 32.0 Å².